The van der Waals surface area contributed by atoms with Gasteiger partial charge in [-0.25, -0.2) is 14.2 Å². The number of amides is 1. The number of ether oxygens (including phenoxy) is 1. The first-order chi connectivity index (χ1) is 10.6. The molecule has 1 saturated heterocycles. The van der Waals surface area contributed by atoms with Crippen molar-refractivity contribution >= 4 is 17.3 Å². The van der Waals surface area contributed by atoms with Crippen LogP contribution in [0.1, 0.15) is 18.9 Å². The van der Waals surface area contributed by atoms with Gasteiger partial charge >= 0.3 is 0 Å². The van der Waals surface area contributed by atoms with Crippen molar-refractivity contribution in [1.82, 2.24) is 5.43 Å². The molecule has 0 radical (unpaired) electrons. The summed E-state index contributed by atoms with van der Waals surface area (Å²) >= 11 is 0. The van der Waals surface area contributed by atoms with Crippen LogP contribution in [0.15, 0.2) is 17.2 Å². The first kappa shape index (κ1) is 14.9. The molecule has 1 fully saturated rings. The fourth-order valence-electron chi connectivity index (χ4n) is 2.80. The van der Waals surface area contributed by atoms with Crippen LogP contribution in [0.4, 0.5) is 14.5 Å². The summed E-state index contributed by atoms with van der Waals surface area (Å²) in [6.45, 7) is 3.64. The molecule has 0 saturated carbocycles. The Hall–Kier alpha value is -2.02. The Labute approximate surface area is 126 Å². The van der Waals surface area contributed by atoms with Crippen LogP contribution in [-0.4, -0.2) is 37.9 Å². The number of nitrogens with zero attached hydrogens (tertiary/aromatic N) is 2. The van der Waals surface area contributed by atoms with Crippen molar-refractivity contribution in [3.05, 3.63) is 29.3 Å². The van der Waals surface area contributed by atoms with Crippen LogP contribution < -0.4 is 10.3 Å². The molecule has 1 amide bonds. The maximum Gasteiger partial charge on any atom is 0.240 e. The summed E-state index contributed by atoms with van der Waals surface area (Å²) in [5, 5.41) is 3.94. The van der Waals surface area contributed by atoms with Crippen LogP contribution in [0.2, 0.25) is 0 Å². The molecule has 3 rings (SSSR count). The van der Waals surface area contributed by atoms with Gasteiger partial charge in [-0.1, -0.05) is 6.92 Å². The van der Waals surface area contributed by atoms with E-state index in [1.807, 2.05) is 6.92 Å². The van der Waals surface area contributed by atoms with Crippen LogP contribution in [0.25, 0.3) is 0 Å². The summed E-state index contributed by atoms with van der Waals surface area (Å²) in [5.74, 6) is -1.61. The molecule has 1 unspecified atom stereocenters. The normalized spacial score (nSPS) is 22.3. The lowest BCUT2D eigenvalue weighted by molar-refractivity contribution is -0.121. The van der Waals surface area contributed by atoms with E-state index < -0.39 is 11.6 Å². The van der Waals surface area contributed by atoms with E-state index in [1.165, 1.54) is 12.1 Å². The lowest BCUT2D eigenvalue weighted by Crippen LogP contribution is -2.37. The molecule has 0 spiro atoms. The quantitative estimate of drug-likeness (QED) is 0.904. The number of anilines is 1. The van der Waals surface area contributed by atoms with Gasteiger partial charge in [0.05, 0.1) is 18.9 Å². The van der Waals surface area contributed by atoms with Gasteiger partial charge in [-0.2, -0.15) is 5.10 Å². The third-order valence-electron chi connectivity index (χ3n) is 3.90. The highest BCUT2D eigenvalue weighted by atomic mass is 19.1. The van der Waals surface area contributed by atoms with E-state index >= 15 is 0 Å². The largest absolute Gasteiger partial charge is 0.378 e. The average molecular weight is 309 g/mol. The number of nitrogens with one attached hydrogen (secondary N) is 1. The first-order valence-corrected chi connectivity index (χ1v) is 7.25. The third kappa shape index (κ3) is 2.81. The Kier molecular flexibility index (Phi) is 4.06. The third-order valence-corrected chi connectivity index (χ3v) is 3.90. The highest BCUT2D eigenvalue weighted by molar-refractivity contribution is 6.05. The van der Waals surface area contributed by atoms with Gasteiger partial charge in [-0.15, -0.1) is 0 Å². The van der Waals surface area contributed by atoms with Crippen molar-refractivity contribution in [1.29, 1.82) is 0 Å². The standard InChI is InChI=1S/C15H17F2N3O2/c1-9-6-13(21)18-19-14(9)10-7-11(16)15(12(17)8-10)20-2-4-22-5-3-20/h7-9H,2-6H2,1H3,(H,18,21). The molecule has 0 aromatic heterocycles. The predicted molar refractivity (Wildman–Crippen MR) is 77.9 cm³/mol. The zero-order valence-electron chi connectivity index (χ0n) is 12.2. The summed E-state index contributed by atoms with van der Waals surface area (Å²) in [5.41, 5.74) is 3.18. The maximum absolute atomic E-state index is 14.4. The molecule has 22 heavy (non-hydrogen) atoms. The Morgan fingerprint density at radius 3 is 2.50 bits per heavy atom. The Morgan fingerprint density at radius 1 is 1.27 bits per heavy atom. The molecule has 2 aliphatic rings. The molecule has 5 nitrogen and oxygen atoms in total. The van der Waals surface area contributed by atoms with Crippen molar-refractivity contribution in [2.45, 2.75) is 13.3 Å². The minimum absolute atomic E-state index is 0.0276. The van der Waals surface area contributed by atoms with Gasteiger partial charge in [0, 0.05) is 31.0 Å². The van der Waals surface area contributed by atoms with Crippen molar-refractivity contribution in [3.63, 3.8) is 0 Å². The number of hydrogen-bond acceptors (Lipinski definition) is 4. The number of carbonyl (C=O) groups excluding carboxylic acids is 1. The van der Waals surface area contributed by atoms with Crippen LogP contribution in [-0.2, 0) is 9.53 Å². The summed E-state index contributed by atoms with van der Waals surface area (Å²) in [4.78, 5) is 12.9. The van der Waals surface area contributed by atoms with Crippen LogP contribution >= 0.6 is 0 Å². The molecule has 7 heteroatoms. The van der Waals surface area contributed by atoms with Crippen LogP contribution in [0.3, 0.4) is 0 Å². The first-order valence-electron chi connectivity index (χ1n) is 7.25. The fraction of sp³-hybridized carbons (Fsp3) is 0.467. The minimum Gasteiger partial charge on any atom is -0.378 e. The van der Waals surface area contributed by atoms with E-state index in [1.54, 1.807) is 4.90 Å². The maximum atomic E-state index is 14.4. The molecule has 1 aromatic carbocycles. The number of hydrogen-bond donors (Lipinski definition) is 1. The van der Waals surface area contributed by atoms with Gasteiger partial charge in [-0.05, 0) is 12.1 Å². The van der Waals surface area contributed by atoms with Gasteiger partial charge in [-0.3, -0.25) is 4.79 Å². The minimum atomic E-state index is -0.622. The zero-order valence-corrected chi connectivity index (χ0v) is 12.2. The monoisotopic (exact) mass is 309 g/mol. The van der Waals surface area contributed by atoms with Gasteiger partial charge in [0.2, 0.25) is 5.91 Å². The van der Waals surface area contributed by atoms with E-state index in [9.17, 15) is 13.6 Å². The van der Waals surface area contributed by atoms with Crippen LogP contribution in [0.5, 0.6) is 0 Å². The second kappa shape index (κ2) is 6.00. The molecule has 118 valence electrons. The summed E-state index contributed by atoms with van der Waals surface area (Å²) in [6.07, 6.45) is 0.257. The molecule has 0 bridgehead atoms. The van der Waals surface area contributed by atoms with Crippen molar-refractivity contribution < 1.29 is 18.3 Å². The lowest BCUT2D eigenvalue weighted by atomic mass is 9.93. The number of rotatable bonds is 2. The van der Waals surface area contributed by atoms with E-state index in [0.29, 0.717) is 37.6 Å². The average Bonchev–Trinajstić information content (AvgIpc) is 2.47. The highest BCUT2D eigenvalue weighted by Gasteiger charge is 2.25. The molecule has 1 aromatic rings. The number of hydrazone groups is 1. The smallest absolute Gasteiger partial charge is 0.240 e. The van der Waals surface area contributed by atoms with Gasteiger partial charge in [0.1, 0.15) is 17.3 Å². The molecular formula is C15H17F2N3O2. The summed E-state index contributed by atoms with van der Waals surface area (Å²) in [7, 11) is 0. The second-order valence-corrected chi connectivity index (χ2v) is 5.53. The summed E-state index contributed by atoms with van der Waals surface area (Å²) in [6, 6.07) is 2.56. The van der Waals surface area contributed by atoms with Gasteiger partial charge < -0.3 is 9.64 Å². The molecular weight excluding hydrogens is 292 g/mol. The van der Waals surface area contributed by atoms with Gasteiger partial charge in [0.25, 0.3) is 0 Å². The van der Waals surface area contributed by atoms with Gasteiger partial charge in [0.15, 0.2) is 0 Å². The number of benzene rings is 1. The molecule has 1 N–H and O–H groups in total. The Bertz CT molecular complexity index is 604. The zero-order chi connectivity index (χ0) is 15.7. The van der Waals surface area contributed by atoms with E-state index in [-0.39, 0.29) is 23.9 Å². The molecule has 0 aliphatic carbocycles. The topological polar surface area (TPSA) is 53.9 Å². The molecule has 1 atom stereocenters. The van der Waals surface area contributed by atoms with Crippen molar-refractivity contribution in [2.24, 2.45) is 11.0 Å². The Balaban J connectivity index is 1.94. The highest BCUT2D eigenvalue weighted by Crippen LogP contribution is 2.28. The van der Waals surface area contributed by atoms with Crippen molar-refractivity contribution in [2.75, 3.05) is 31.2 Å². The van der Waals surface area contributed by atoms with Crippen molar-refractivity contribution in [3.8, 4) is 0 Å². The van der Waals surface area contributed by atoms with E-state index in [4.69, 9.17) is 4.74 Å². The number of halogens is 2. The number of carbonyl (C=O) groups is 1. The van der Waals surface area contributed by atoms with Crippen LogP contribution in [0, 0.1) is 17.6 Å². The predicted octanol–water partition coefficient (Wildman–Crippen LogP) is 1.66. The molecule has 2 heterocycles. The molecule has 2 aliphatic heterocycles. The fourth-order valence-corrected chi connectivity index (χ4v) is 2.80. The SMILES string of the molecule is CC1CC(=O)NN=C1c1cc(F)c(N2CCOCC2)c(F)c1. The van der Waals surface area contributed by atoms with E-state index in [2.05, 4.69) is 10.5 Å². The van der Waals surface area contributed by atoms with E-state index in [0.717, 1.165) is 0 Å². The number of morpholine rings is 1. The Morgan fingerprint density at radius 2 is 1.91 bits per heavy atom. The second-order valence-electron chi connectivity index (χ2n) is 5.53. The summed E-state index contributed by atoms with van der Waals surface area (Å²) < 4.78 is 34.0. The lowest BCUT2D eigenvalue weighted by Gasteiger charge is -2.29.